The van der Waals surface area contributed by atoms with Crippen LogP contribution >= 0.6 is 11.6 Å². The summed E-state index contributed by atoms with van der Waals surface area (Å²) in [7, 11) is 0. The molecule has 0 saturated heterocycles. The molecular weight excluding hydrogens is 455 g/mol. The van der Waals surface area contributed by atoms with Gasteiger partial charge in [0.15, 0.2) is 5.58 Å². The molecule has 0 spiro atoms. The van der Waals surface area contributed by atoms with Crippen LogP contribution in [0.4, 0.5) is 10.1 Å². The second kappa shape index (κ2) is 9.00. The van der Waals surface area contributed by atoms with Gasteiger partial charge in [-0.2, -0.15) is 0 Å². The molecule has 5 aromatic rings. The minimum atomic E-state index is -0.370. The summed E-state index contributed by atoms with van der Waals surface area (Å²) in [5, 5.41) is 3.45. The van der Waals surface area contributed by atoms with Gasteiger partial charge in [0, 0.05) is 27.9 Å². The maximum atomic E-state index is 13.5. The molecule has 0 radical (unpaired) electrons. The summed E-state index contributed by atoms with van der Waals surface area (Å²) in [6.45, 7) is 1.94. The first-order valence-electron chi connectivity index (χ1n) is 10.5. The van der Waals surface area contributed by atoms with Gasteiger partial charge in [-0.15, -0.1) is 0 Å². The highest BCUT2D eigenvalue weighted by molar-refractivity contribution is 6.31. The zero-order valence-electron chi connectivity index (χ0n) is 18.0. The first-order chi connectivity index (χ1) is 16.4. The molecule has 0 aliphatic carbocycles. The quantitative estimate of drug-likeness (QED) is 0.269. The topological polar surface area (TPSA) is 68.3 Å². The van der Waals surface area contributed by atoms with Gasteiger partial charge in [0.05, 0.1) is 0 Å². The van der Waals surface area contributed by atoms with E-state index < -0.39 is 0 Å². The number of furan rings is 1. The molecule has 3 aromatic carbocycles. The van der Waals surface area contributed by atoms with Crippen LogP contribution in [0.2, 0.25) is 5.02 Å². The Bertz CT molecular complexity index is 1550. The Balaban J connectivity index is 1.28. The van der Waals surface area contributed by atoms with Crippen molar-refractivity contribution in [2.45, 2.75) is 6.92 Å². The lowest BCUT2D eigenvalue weighted by atomic mass is 10.1. The number of hydrogen-bond acceptors (Lipinski definition) is 4. The molecule has 34 heavy (non-hydrogen) atoms. The van der Waals surface area contributed by atoms with Crippen LogP contribution in [0, 0.1) is 12.7 Å². The highest BCUT2D eigenvalue weighted by Crippen LogP contribution is 2.28. The summed E-state index contributed by atoms with van der Waals surface area (Å²) >= 11 is 6.19. The number of rotatable bonds is 5. The Hall–Kier alpha value is -4.16. The van der Waals surface area contributed by atoms with Gasteiger partial charge in [0.1, 0.15) is 22.9 Å². The smallest absolute Gasteiger partial charge is 0.248 e. The Morgan fingerprint density at radius 3 is 2.71 bits per heavy atom. The molecule has 0 saturated carbocycles. The number of carbonyl (C=O) groups is 1. The van der Waals surface area contributed by atoms with Crippen LogP contribution in [0.15, 0.2) is 87.7 Å². The van der Waals surface area contributed by atoms with Crippen molar-refractivity contribution in [2.24, 2.45) is 0 Å². The Kier molecular flexibility index (Phi) is 5.74. The molecule has 2 aromatic heterocycles. The van der Waals surface area contributed by atoms with E-state index >= 15 is 0 Å². The van der Waals surface area contributed by atoms with Gasteiger partial charge in [-0.05, 0) is 73.2 Å². The highest BCUT2D eigenvalue weighted by atomic mass is 35.5. The highest BCUT2D eigenvalue weighted by Gasteiger charge is 2.11. The molecule has 7 heteroatoms. The molecule has 1 N–H and O–H groups in total. The molecule has 0 atom stereocenters. The average molecular weight is 473 g/mol. The van der Waals surface area contributed by atoms with E-state index in [0.717, 1.165) is 11.1 Å². The van der Waals surface area contributed by atoms with Gasteiger partial charge in [-0.1, -0.05) is 29.8 Å². The van der Waals surface area contributed by atoms with Crippen molar-refractivity contribution in [1.29, 1.82) is 0 Å². The third-order valence-corrected chi connectivity index (χ3v) is 5.62. The zero-order chi connectivity index (χ0) is 23.7. The molecule has 0 fully saturated rings. The molecule has 2 heterocycles. The lowest BCUT2D eigenvalue weighted by molar-refractivity contribution is -0.111. The second-order valence-electron chi connectivity index (χ2n) is 7.70. The van der Waals surface area contributed by atoms with Crippen LogP contribution in [0.25, 0.3) is 40.0 Å². The summed E-state index contributed by atoms with van der Waals surface area (Å²) in [6.07, 6.45) is 2.97. The summed E-state index contributed by atoms with van der Waals surface area (Å²) in [5.74, 6) is 0.804. The number of hydrogen-bond donors (Lipinski definition) is 1. The fraction of sp³-hybridized carbons (Fsp3) is 0.0370. The molecule has 5 nitrogen and oxygen atoms in total. The number of nitrogens with one attached hydrogen (secondary N) is 1. The van der Waals surface area contributed by atoms with Crippen molar-refractivity contribution in [3.8, 4) is 22.8 Å². The number of fused-ring (bicyclic) bond motifs is 1. The predicted octanol–water partition coefficient (Wildman–Crippen LogP) is 7.51. The standard InChI is InChI=1S/C27H18ClFN2O3/c1-16-5-6-17(14-22(16)28)24-11-8-21(33-24)9-12-26(32)30-20-7-10-25-23(15-20)31-27(34-25)18-3-2-4-19(29)13-18/h2-15H,1H3,(H,30,32)/b12-9+. The fourth-order valence-electron chi connectivity index (χ4n) is 3.44. The van der Waals surface area contributed by atoms with E-state index in [4.69, 9.17) is 20.4 Å². The van der Waals surface area contributed by atoms with Gasteiger partial charge in [-0.3, -0.25) is 4.79 Å². The monoisotopic (exact) mass is 472 g/mol. The zero-order valence-corrected chi connectivity index (χ0v) is 18.8. The van der Waals surface area contributed by atoms with E-state index in [2.05, 4.69) is 10.3 Å². The van der Waals surface area contributed by atoms with Crippen LogP contribution in [0.3, 0.4) is 0 Å². The molecule has 5 rings (SSSR count). The Labute approximate surface area is 199 Å². The average Bonchev–Trinajstić information content (AvgIpc) is 3.46. The number of aromatic nitrogens is 1. The molecule has 0 bridgehead atoms. The maximum absolute atomic E-state index is 13.5. The van der Waals surface area contributed by atoms with Gasteiger partial charge in [0.2, 0.25) is 11.8 Å². The number of amides is 1. The van der Waals surface area contributed by atoms with E-state index in [1.165, 1.54) is 18.2 Å². The third-order valence-electron chi connectivity index (χ3n) is 5.21. The number of nitrogens with zero attached hydrogens (tertiary/aromatic N) is 1. The van der Waals surface area contributed by atoms with E-state index in [0.29, 0.717) is 44.8 Å². The summed E-state index contributed by atoms with van der Waals surface area (Å²) in [6, 6.07) is 20.4. The van der Waals surface area contributed by atoms with Crippen LogP contribution in [0.5, 0.6) is 0 Å². The molecule has 0 aliphatic rings. The van der Waals surface area contributed by atoms with Gasteiger partial charge >= 0.3 is 0 Å². The van der Waals surface area contributed by atoms with Crippen molar-refractivity contribution < 1.29 is 18.0 Å². The third kappa shape index (κ3) is 4.63. The molecule has 0 unspecified atom stereocenters. The number of carbonyl (C=O) groups excluding carboxylic acids is 1. The second-order valence-corrected chi connectivity index (χ2v) is 8.11. The van der Waals surface area contributed by atoms with Crippen molar-refractivity contribution in [3.63, 3.8) is 0 Å². The molecule has 0 aliphatic heterocycles. The summed E-state index contributed by atoms with van der Waals surface area (Å²) in [4.78, 5) is 16.8. The minimum absolute atomic E-state index is 0.307. The SMILES string of the molecule is Cc1ccc(-c2ccc(/C=C/C(=O)Nc3ccc4oc(-c5cccc(F)c5)nc4c3)o2)cc1Cl. The lowest BCUT2D eigenvalue weighted by Gasteiger charge is -2.01. The van der Waals surface area contributed by atoms with Crippen molar-refractivity contribution in [2.75, 3.05) is 5.32 Å². The maximum Gasteiger partial charge on any atom is 0.248 e. The predicted molar refractivity (Wildman–Crippen MR) is 131 cm³/mol. The molecule has 168 valence electrons. The lowest BCUT2D eigenvalue weighted by Crippen LogP contribution is -2.07. The number of aryl methyl sites for hydroxylation is 1. The van der Waals surface area contributed by atoms with Gasteiger partial charge in [-0.25, -0.2) is 9.37 Å². The number of halogens is 2. The van der Waals surface area contributed by atoms with E-state index in [-0.39, 0.29) is 11.7 Å². The van der Waals surface area contributed by atoms with E-state index in [1.54, 1.807) is 42.5 Å². The van der Waals surface area contributed by atoms with Crippen molar-refractivity contribution in [3.05, 3.63) is 101 Å². The van der Waals surface area contributed by atoms with Crippen LogP contribution in [-0.4, -0.2) is 10.9 Å². The summed E-state index contributed by atoms with van der Waals surface area (Å²) < 4.78 is 25.0. The molecule has 1 amide bonds. The van der Waals surface area contributed by atoms with Crippen LogP contribution < -0.4 is 5.32 Å². The number of oxazole rings is 1. The fourth-order valence-corrected chi connectivity index (χ4v) is 3.62. The Morgan fingerprint density at radius 2 is 1.88 bits per heavy atom. The van der Waals surface area contributed by atoms with Crippen LogP contribution in [0.1, 0.15) is 11.3 Å². The Morgan fingerprint density at radius 1 is 1.00 bits per heavy atom. The largest absolute Gasteiger partial charge is 0.457 e. The van der Waals surface area contributed by atoms with E-state index in [9.17, 15) is 9.18 Å². The van der Waals surface area contributed by atoms with Crippen molar-refractivity contribution in [1.82, 2.24) is 4.98 Å². The van der Waals surface area contributed by atoms with Gasteiger partial charge < -0.3 is 14.2 Å². The first kappa shape index (κ1) is 21.7. The normalized spacial score (nSPS) is 11.4. The van der Waals surface area contributed by atoms with Crippen LogP contribution in [-0.2, 0) is 4.79 Å². The van der Waals surface area contributed by atoms with Gasteiger partial charge in [0.25, 0.3) is 0 Å². The number of benzene rings is 3. The summed E-state index contributed by atoms with van der Waals surface area (Å²) in [5.41, 5.74) is 4.02. The molecular formula is C27H18ClFN2O3. The number of anilines is 1. The minimum Gasteiger partial charge on any atom is -0.457 e. The van der Waals surface area contributed by atoms with Crippen molar-refractivity contribution >= 4 is 40.4 Å². The first-order valence-corrected chi connectivity index (χ1v) is 10.8. The van der Waals surface area contributed by atoms with E-state index in [1.807, 2.05) is 31.2 Å².